The molecule has 0 radical (unpaired) electrons. The van der Waals surface area contributed by atoms with Crippen molar-refractivity contribution in [2.24, 2.45) is 0 Å². The predicted octanol–water partition coefficient (Wildman–Crippen LogP) is 4.49. The summed E-state index contributed by atoms with van der Waals surface area (Å²) < 4.78 is 10.7. The fourth-order valence-corrected chi connectivity index (χ4v) is 2.34. The molecule has 0 spiro atoms. The van der Waals surface area contributed by atoms with E-state index in [1.165, 1.54) is 11.1 Å². The van der Waals surface area contributed by atoms with Crippen LogP contribution in [0.15, 0.2) is 36.4 Å². The fourth-order valence-electron chi connectivity index (χ4n) is 2.34. The Morgan fingerprint density at radius 3 is 2.29 bits per heavy atom. The van der Waals surface area contributed by atoms with Crippen molar-refractivity contribution in [2.75, 3.05) is 19.5 Å². The molecule has 1 N–H and O–H groups in total. The minimum atomic E-state index is 0.146. The maximum atomic E-state index is 5.47. The molecule has 2 aromatic carbocycles. The third-order valence-electron chi connectivity index (χ3n) is 3.80. The molecule has 2 aromatic rings. The lowest BCUT2D eigenvalue weighted by Gasteiger charge is -2.19. The summed E-state index contributed by atoms with van der Waals surface area (Å²) in [6.45, 7) is 6.37. The predicted molar refractivity (Wildman–Crippen MR) is 87.5 cm³/mol. The average molecular weight is 285 g/mol. The summed E-state index contributed by atoms with van der Waals surface area (Å²) in [6, 6.07) is 12.5. The monoisotopic (exact) mass is 285 g/mol. The molecule has 0 saturated carbocycles. The summed E-state index contributed by atoms with van der Waals surface area (Å²) in [5, 5.41) is 3.52. The van der Waals surface area contributed by atoms with Crippen LogP contribution in [-0.2, 0) is 0 Å². The molecule has 0 fully saturated rings. The van der Waals surface area contributed by atoms with Crippen LogP contribution in [0, 0.1) is 13.8 Å². The summed E-state index contributed by atoms with van der Waals surface area (Å²) >= 11 is 0. The van der Waals surface area contributed by atoms with E-state index in [1.54, 1.807) is 14.2 Å². The molecule has 0 bridgehead atoms. The summed E-state index contributed by atoms with van der Waals surface area (Å²) in [6.07, 6.45) is 0. The van der Waals surface area contributed by atoms with Crippen molar-refractivity contribution in [1.82, 2.24) is 0 Å². The van der Waals surface area contributed by atoms with Gasteiger partial charge in [-0.2, -0.15) is 0 Å². The molecule has 2 rings (SSSR count). The first-order valence-electron chi connectivity index (χ1n) is 7.11. The van der Waals surface area contributed by atoms with Crippen molar-refractivity contribution in [3.05, 3.63) is 53.1 Å². The Labute approximate surface area is 126 Å². The van der Waals surface area contributed by atoms with Gasteiger partial charge in [-0.1, -0.05) is 6.07 Å². The lowest BCUT2D eigenvalue weighted by atomic mass is 10.1. The second-order valence-corrected chi connectivity index (χ2v) is 5.27. The molecule has 0 aliphatic rings. The highest BCUT2D eigenvalue weighted by Gasteiger charge is 2.12. The molecule has 0 heterocycles. The SMILES string of the molecule is COc1ccc(C(C)Nc2ccc(C)c(C)c2)c(OC)c1. The first-order valence-corrected chi connectivity index (χ1v) is 7.11. The molecule has 1 unspecified atom stereocenters. The van der Waals surface area contributed by atoms with Crippen LogP contribution in [0.5, 0.6) is 11.5 Å². The number of rotatable bonds is 5. The Morgan fingerprint density at radius 1 is 0.905 bits per heavy atom. The highest BCUT2D eigenvalue weighted by atomic mass is 16.5. The molecule has 0 aliphatic heterocycles. The molecule has 0 saturated heterocycles. The smallest absolute Gasteiger partial charge is 0.127 e. The van der Waals surface area contributed by atoms with E-state index in [-0.39, 0.29) is 6.04 Å². The van der Waals surface area contributed by atoms with Crippen LogP contribution in [0.4, 0.5) is 5.69 Å². The van der Waals surface area contributed by atoms with Crippen LogP contribution in [0.2, 0.25) is 0 Å². The van der Waals surface area contributed by atoms with Gasteiger partial charge in [0.1, 0.15) is 11.5 Å². The van der Waals surface area contributed by atoms with Gasteiger partial charge >= 0.3 is 0 Å². The quantitative estimate of drug-likeness (QED) is 0.877. The number of methoxy groups -OCH3 is 2. The number of benzene rings is 2. The van der Waals surface area contributed by atoms with E-state index in [2.05, 4.69) is 44.3 Å². The van der Waals surface area contributed by atoms with Crippen molar-refractivity contribution in [3.8, 4) is 11.5 Å². The summed E-state index contributed by atoms with van der Waals surface area (Å²) in [5.41, 5.74) is 4.81. The van der Waals surface area contributed by atoms with E-state index in [9.17, 15) is 0 Å². The second kappa shape index (κ2) is 6.53. The van der Waals surface area contributed by atoms with Gasteiger partial charge in [-0.25, -0.2) is 0 Å². The van der Waals surface area contributed by atoms with Crippen LogP contribution in [0.3, 0.4) is 0 Å². The highest BCUT2D eigenvalue weighted by molar-refractivity contribution is 5.52. The van der Waals surface area contributed by atoms with E-state index in [0.717, 1.165) is 22.7 Å². The average Bonchev–Trinajstić information content (AvgIpc) is 2.50. The number of hydrogen-bond acceptors (Lipinski definition) is 3. The molecule has 1 atom stereocenters. The van der Waals surface area contributed by atoms with Crippen molar-refractivity contribution in [2.45, 2.75) is 26.8 Å². The Kier molecular flexibility index (Phi) is 4.73. The van der Waals surface area contributed by atoms with Gasteiger partial charge < -0.3 is 14.8 Å². The third-order valence-corrected chi connectivity index (χ3v) is 3.80. The van der Waals surface area contributed by atoms with Gasteiger partial charge in [-0.3, -0.25) is 0 Å². The Hall–Kier alpha value is -2.16. The minimum Gasteiger partial charge on any atom is -0.497 e. The van der Waals surface area contributed by atoms with Crippen LogP contribution >= 0.6 is 0 Å². The zero-order chi connectivity index (χ0) is 15.4. The van der Waals surface area contributed by atoms with E-state index in [1.807, 2.05) is 18.2 Å². The maximum Gasteiger partial charge on any atom is 0.127 e. The number of aryl methyl sites for hydroxylation is 2. The molecular formula is C18H23NO2. The zero-order valence-electron chi connectivity index (χ0n) is 13.4. The standard InChI is InChI=1S/C18H23NO2/c1-12-6-7-15(10-13(12)2)19-14(3)17-9-8-16(20-4)11-18(17)21-5/h6-11,14,19H,1-5H3. The second-order valence-electron chi connectivity index (χ2n) is 5.27. The van der Waals surface area contributed by atoms with Crippen LogP contribution in [0.25, 0.3) is 0 Å². The maximum absolute atomic E-state index is 5.47. The van der Waals surface area contributed by atoms with Crippen LogP contribution in [-0.4, -0.2) is 14.2 Å². The summed E-state index contributed by atoms with van der Waals surface area (Å²) in [4.78, 5) is 0. The van der Waals surface area contributed by atoms with Gasteiger partial charge in [0.05, 0.1) is 20.3 Å². The van der Waals surface area contributed by atoms with Gasteiger partial charge in [0.2, 0.25) is 0 Å². The first-order chi connectivity index (χ1) is 10.0. The molecule has 3 nitrogen and oxygen atoms in total. The molecule has 0 amide bonds. The Morgan fingerprint density at radius 2 is 1.67 bits per heavy atom. The van der Waals surface area contributed by atoms with Gasteiger partial charge in [-0.15, -0.1) is 0 Å². The lowest BCUT2D eigenvalue weighted by molar-refractivity contribution is 0.390. The summed E-state index contributed by atoms with van der Waals surface area (Å²) in [5.74, 6) is 1.63. The van der Waals surface area contributed by atoms with E-state index < -0.39 is 0 Å². The van der Waals surface area contributed by atoms with Crippen molar-refractivity contribution in [1.29, 1.82) is 0 Å². The van der Waals surface area contributed by atoms with Crippen molar-refractivity contribution < 1.29 is 9.47 Å². The molecule has 0 aliphatic carbocycles. The number of ether oxygens (including phenoxy) is 2. The normalized spacial score (nSPS) is 11.9. The number of anilines is 1. The Balaban J connectivity index is 2.23. The molecular weight excluding hydrogens is 262 g/mol. The number of nitrogens with one attached hydrogen (secondary N) is 1. The number of hydrogen-bond donors (Lipinski definition) is 1. The summed E-state index contributed by atoms with van der Waals surface area (Å²) in [7, 11) is 3.34. The molecule has 0 aromatic heterocycles. The van der Waals surface area contributed by atoms with Crippen LogP contribution in [0.1, 0.15) is 29.7 Å². The van der Waals surface area contributed by atoms with E-state index >= 15 is 0 Å². The molecule has 112 valence electrons. The molecule has 21 heavy (non-hydrogen) atoms. The van der Waals surface area contributed by atoms with Gasteiger partial charge in [0, 0.05) is 17.3 Å². The minimum absolute atomic E-state index is 0.146. The largest absolute Gasteiger partial charge is 0.497 e. The third kappa shape index (κ3) is 3.48. The van der Waals surface area contributed by atoms with Gasteiger partial charge in [-0.05, 0) is 56.2 Å². The van der Waals surface area contributed by atoms with Crippen LogP contribution < -0.4 is 14.8 Å². The van der Waals surface area contributed by atoms with E-state index in [0.29, 0.717) is 0 Å². The van der Waals surface area contributed by atoms with E-state index in [4.69, 9.17) is 9.47 Å². The van der Waals surface area contributed by atoms with Crippen molar-refractivity contribution >= 4 is 5.69 Å². The first kappa shape index (κ1) is 15.2. The van der Waals surface area contributed by atoms with Gasteiger partial charge in [0.25, 0.3) is 0 Å². The van der Waals surface area contributed by atoms with Crippen molar-refractivity contribution in [3.63, 3.8) is 0 Å². The molecule has 3 heteroatoms. The zero-order valence-corrected chi connectivity index (χ0v) is 13.4. The lowest BCUT2D eigenvalue weighted by Crippen LogP contribution is -2.08. The Bertz CT molecular complexity index is 623. The topological polar surface area (TPSA) is 30.5 Å². The highest BCUT2D eigenvalue weighted by Crippen LogP contribution is 2.31. The fraction of sp³-hybridized carbons (Fsp3) is 0.333. The van der Waals surface area contributed by atoms with Gasteiger partial charge in [0.15, 0.2) is 0 Å².